The van der Waals surface area contributed by atoms with Crippen LogP contribution in [0.25, 0.3) is 107 Å². The molecule has 8 aromatic carbocycles. The molecule has 0 spiro atoms. The molecule has 2 aliphatic carbocycles. The summed E-state index contributed by atoms with van der Waals surface area (Å²) in [5.74, 6) is 0.0710. The molecule has 2 heterocycles. The van der Waals surface area contributed by atoms with E-state index in [4.69, 9.17) is 0 Å². The van der Waals surface area contributed by atoms with Crippen LogP contribution in [0.4, 0.5) is 0 Å². The summed E-state index contributed by atoms with van der Waals surface area (Å²) in [4.78, 5) is 15.0. The molecule has 2 aromatic heterocycles. The lowest BCUT2D eigenvalue weighted by Gasteiger charge is -2.24. The van der Waals surface area contributed by atoms with E-state index in [0.717, 1.165) is 61.2 Å². The number of hydrogen-bond acceptors (Lipinski definition) is 3. The summed E-state index contributed by atoms with van der Waals surface area (Å²) in [5, 5.41) is 5.11. The number of hydrogen-bond donors (Lipinski definition) is 0. The van der Waals surface area contributed by atoms with Gasteiger partial charge in [0.15, 0.2) is 5.78 Å². The van der Waals surface area contributed by atoms with Crippen molar-refractivity contribution in [3.63, 3.8) is 0 Å². The van der Waals surface area contributed by atoms with Crippen molar-refractivity contribution in [2.45, 2.75) is 0 Å². The SMILES string of the molecule is O=C1c2ccc(-c3cccc4c3sc3ccccc34)cc2-c2c3cccc2-c2c(-c4cccc5c4sc4ccccc45)ccc1c2-c1ccccc1-3. The molecule has 0 unspecified atom stereocenters. The highest BCUT2D eigenvalue weighted by Gasteiger charge is 2.34. The van der Waals surface area contributed by atoms with E-state index >= 15 is 4.79 Å². The summed E-state index contributed by atoms with van der Waals surface area (Å²) in [6.07, 6.45) is 0. The highest BCUT2D eigenvalue weighted by molar-refractivity contribution is 7.26. The summed E-state index contributed by atoms with van der Waals surface area (Å²) in [6.45, 7) is 0. The van der Waals surface area contributed by atoms with E-state index in [9.17, 15) is 0 Å². The Morgan fingerprint density at radius 2 is 0.808 bits per heavy atom. The first-order valence-electron chi connectivity index (χ1n) is 17.6. The Labute approximate surface area is 307 Å². The summed E-state index contributed by atoms with van der Waals surface area (Å²) < 4.78 is 5.12. The van der Waals surface area contributed by atoms with Crippen LogP contribution in [0.2, 0.25) is 0 Å². The van der Waals surface area contributed by atoms with Gasteiger partial charge in [-0.25, -0.2) is 0 Å². The largest absolute Gasteiger partial charge is 0.289 e. The zero-order valence-electron chi connectivity index (χ0n) is 27.7. The first kappa shape index (κ1) is 28.6. The Bertz CT molecular complexity index is 3210. The number of rotatable bonds is 2. The van der Waals surface area contributed by atoms with Crippen LogP contribution in [0.15, 0.2) is 158 Å². The van der Waals surface area contributed by atoms with Gasteiger partial charge in [0.1, 0.15) is 0 Å². The summed E-state index contributed by atoms with van der Waals surface area (Å²) in [6, 6.07) is 56.9. The van der Waals surface area contributed by atoms with E-state index < -0.39 is 0 Å². The predicted octanol–water partition coefficient (Wildman–Crippen LogP) is 14.3. The summed E-state index contributed by atoms with van der Waals surface area (Å²) in [5.41, 5.74) is 15.1. The molecule has 0 aliphatic heterocycles. The van der Waals surface area contributed by atoms with Crippen molar-refractivity contribution in [3.8, 4) is 66.8 Å². The molecular weight excluding hydrogens is 669 g/mol. The van der Waals surface area contributed by atoms with Gasteiger partial charge in [0.2, 0.25) is 0 Å². The molecule has 0 saturated carbocycles. The van der Waals surface area contributed by atoms with Gasteiger partial charge in [0, 0.05) is 62.6 Å². The van der Waals surface area contributed by atoms with Gasteiger partial charge < -0.3 is 0 Å². The average Bonchev–Trinajstić information content (AvgIpc) is 3.77. The maximum Gasteiger partial charge on any atom is 0.194 e. The Morgan fingerprint density at radius 3 is 1.58 bits per heavy atom. The summed E-state index contributed by atoms with van der Waals surface area (Å²) in [7, 11) is 0. The molecule has 0 amide bonds. The fraction of sp³-hybridized carbons (Fsp3) is 0. The van der Waals surface area contributed by atoms with Crippen LogP contribution in [0.5, 0.6) is 0 Å². The van der Waals surface area contributed by atoms with Gasteiger partial charge in [0.25, 0.3) is 0 Å². The normalized spacial score (nSPS) is 12.7. The van der Waals surface area contributed by atoms with Gasteiger partial charge >= 0.3 is 0 Å². The monoisotopic (exact) mass is 694 g/mol. The highest BCUT2D eigenvalue weighted by atomic mass is 32.1. The van der Waals surface area contributed by atoms with Gasteiger partial charge in [-0.3, -0.25) is 4.79 Å². The highest BCUT2D eigenvalue weighted by Crippen LogP contribution is 2.57. The number of carbonyl (C=O) groups excluding carboxylic acids is 1. The van der Waals surface area contributed by atoms with Crippen molar-refractivity contribution in [2.75, 3.05) is 0 Å². The molecule has 0 radical (unpaired) electrons. The smallest absolute Gasteiger partial charge is 0.194 e. The van der Waals surface area contributed by atoms with Gasteiger partial charge in [-0.1, -0.05) is 127 Å². The number of carbonyl (C=O) groups is 1. The number of benzene rings is 8. The molecule has 52 heavy (non-hydrogen) atoms. The minimum absolute atomic E-state index is 0.0710. The average molecular weight is 695 g/mol. The van der Waals surface area contributed by atoms with Crippen LogP contribution in [0.1, 0.15) is 15.9 Å². The lowest BCUT2D eigenvalue weighted by molar-refractivity contribution is 0.104. The second-order valence-corrected chi connectivity index (χ2v) is 15.9. The van der Waals surface area contributed by atoms with Crippen LogP contribution in [-0.4, -0.2) is 5.78 Å². The quantitative estimate of drug-likeness (QED) is 0.176. The van der Waals surface area contributed by atoms with Crippen LogP contribution in [0.3, 0.4) is 0 Å². The number of fused-ring (bicyclic) bond motifs is 9. The fourth-order valence-electron chi connectivity index (χ4n) is 8.98. The molecule has 6 bridgehead atoms. The van der Waals surface area contributed by atoms with Crippen molar-refractivity contribution >= 4 is 68.8 Å². The molecule has 2 aliphatic rings. The third-order valence-corrected chi connectivity index (χ3v) is 13.7. The van der Waals surface area contributed by atoms with Crippen LogP contribution in [-0.2, 0) is 0 Å². The topological polar surface area (TPSA) is 17.1 Å². The lowest BCUT2D eigenvalue weighted by Crippen LogP contribution is -2.09. The Morgan fingerprint density at radius 1 is 0.308 bits per heavy atom. The fourth-order valence-corrected chi connectivity index (χ4v) is 11.5. The lowest BCUT2D eigenvalue weighted by atomic mass is 9.78. The van der Waals surface area contributed by atoms with Crippen LogP contribution < -0.4 is 0 Å². The van der Waals surface area contributed by atoms with E-state index in [0.29, 0.717) is 0 Å². The molecule has 0 N–H and O–H groups in total. The van der Waals surface area contributed by atoms with Crippen molar-refractivity contribution < 1.29 is 4.79 Å². The minimum atomic E-state index is 0.0710. The van der Waals surface area contributed by atoms with Crippen LogP contribution >= 0.6 is 22.7 Å². The maximum atomic E-state index is 15.0. The van der Waals surface area contributed by atoms with Crippen molar-refractivity contribution in [1.29, 1.82) is 0 Å². The van der Waals surface area contributed by atoms with Crippen molar-refractivity contribution in [1.82, 2.24) is 0 Å². The Balaban J connectivity index is 1.20. The zero-order valence-corrected chi connectivity index (χ0v) is 29.4. The van der Waals surface area contributed by atoms with E-state index in [1.54, 1.807) is 0 Å². The molecular formula is C49H26OS2. The minimum Gasteiger partial charge on any atom is -0.289 e. The first-order valence-corrected chi connectivity index (χ1v) is 19.3. The Hall–Kier alpha value is -6.13. The molecule has 1 nitrogen and oxygen atoms in total. The van der Waals surface area contributed by atoms with Crippen molar-refractivity contribution in [3.05, 3.63) is 169 Å². The van der Waals surface area contributed by atoms with E-state index in [1.165, 1.54) is 57.0 Å². The molecule has 240 valence electrons. The van der Waals surface area contributed by atoms with Crippen LogP contribution in [0, 0.1) is 0 Å². The molecule has 3 heteroatoms. The van der Waals surface area contributed by atoms with Gasteiger partial charge in [0.05, 0.1) is 0 Å². The second kappa shape index (κ2) is 10.5. The van der Waals surface area contributed by atoms with Gasteiger partial charge in [-0.05, 0) is 86.0 Å². The number of thiophene rings is 2. The third-order valence-electron chi connectivity index (χ3n) is 11.2. The summed E-state index contributed by atoms with van der Waals surface area (Å²) >= 11 is 3.70. The molecule has 0 atom stereocenters. The second-order valence-electron chi connectivity index (χ2n) is 13.8. The van der Waals surface area contributed by atoms with Gasteiger partial charge in [-0.2, -0.15) is 0 Å². The van der Waals surface area contributed by atoms with E-state index in [1.807, 2.05) is 22.7 Å². The maximum absolute atomic E-state index is 15.0. The Kier molecular flexibility index (Phi) is 5.74. The molecule has 10 aromatic rings. The molecule has 0 fully saturated rings. The first-order chi connectivity index (χ1) is 25.7. The zero-order chi connectivity index (χ0) is 34.1. The van der Waals surface area contributed by atoms with E-state index in [2.05, 4.69) is 158 Å². The predicted molar refractivity (Wildman–Crippen MR) is 222 cm³/mol. The molecule has 0 saturated heterocycles. The number of ketones is 1. The van der Waals surface area contributed by atoms with E-state index in [-0.39, 0.29) is 5.78 Å². The van der Waals surface area contributed by atoms with Gasteiger partial charge in [-0.15, -0.1) is 22.7 Å². The standard InChI is InChI=1S/C49H26OS2/c50-47-35-23-22-27(28-14-7-16-36-30-11-3-5-20-42(30)51-48(28)36)26-41(35)44-32-15-8-19-39(44)45-34(24-25-40(47)46(45)33-13-2-1-10-29(32)33)38-18-9-17-37-31-12-4-6-21-43(31)52-49(37)38/h1-26H. The third kappa shape index (κ3) is 3.74. The van der Waals surface area contributed by atoms with Crippen molar-refractivity contribution in [2.24, 2.45) is 0 Å². The molecule has 12 rings (SSSR count).